The van der Waals surface area contributed by atoms with E-state index in [9.17, 15) is 19.5 Å². The average Bonchev–Trinajstić information content (AvgIpc) is 3.04. The van der Waals surface area contributed by atoms with Crippen LogP contribution in [0.4, 0.5) is 0 Å². The molecular formula is C23H32N2O6. The van der Waals surface area contributed by atoms with Crippen molar-refractivity contribution in [2.24, 2.45) is 11.3 Å². The van der Waals surface area contributed by atoms with Crippen LogP contribution < -0.4 is 10.1 Å². The van der Waals surface area contributed by atoms with E-state index < -0.39 is 34.9 Å². The van der Waals surface area contributed by atoms with Crippen LogP contribution in [0.1, 0.15) is 45.6 Å². The van der Waals surface area contributed by atoms with Crippen molar-refractivity contribution in [1.82, 2.24) is 10.2 Å². The summed E-state index contributed by atoms with van der Waals surface area (Å²) in [6, 6.07) is 6.93. The molecule has 1 spiro atoms. The minimum absolute atomic E-state index is 0.00897. The third-order valence-electron chi connectivity index (χ3n) is 6.01. The summed E-state index contributed by atoms with van der Waals surface area (Å²) in [6.07, 6.45) is 0.672. The van der Waals surface area contributed by atoms with E-state index >= 15 is 0 Å². The molecular weight excluding hydrogens is 400 g/mol. The normalized spacial score (nSPS) is 26.2. The topological polar surface area (TPSA) is 105 Å². The largest absolute Gasteiger partial charge is 0.497 e. The molecule has 0 saturated carbocycles. The summed E-state index contributed by atoms with van der Waals surface area (Å²) in [4.78, 5) is 40.9. The Kier molecular flexibility index (Phi) is 6.59. The van der Waals surface area contributed by atoms with Gasteiger partial charge in [-0.15, -0.1) is 0 Å². The Hall–Kier alpha value is -2.61. The lowest BCUT2D eigenvalue weighted by Gasteiger charge is -2.43. The maximum atomic E-state index is 13.6. The molecule has 2 N–H and O–H groups in total. The van der Waals surface area contributed by atoms with Gasteiger partial charge in [-0.2, -0.15) is 0 Å². The minimum Gasteiger partial charge on any atom is -0.497 e. The summed E-state index contributed by atoms with van der Waals surface area (Å²) in [5.41, 5.74) is -1.09. The summed E-state index contributed by atoms with van der Waals surface area (Å²) in [6.45, 7) is 5.91. The first-order valence-corrected chi connectivity index (χ1v) is 10.6. The fourth-order valence-electron chi connectivity index (χ4n) is 4.57. The third kappa shape index (κ3) is 4.84. The first-order valence-electron chi connectivity index (χ1n) is 10.6. The van der Waals surface area contributed by atoms with E-state index in [1.54, 1.807) is 32.8 Å². The van der Waals surface area contributed by atoms with E-state index in [4.69, 9.17) is 9.47 Å². The van der Waals surface area contributed by atoms with Gasteiger partial charge in [0.15, 0.2) is 0 Å². The Morgan fingerprint density at radius 3 is 2.48 bits per heavy atom. The second-order valence-electron chi connectivity index (χ2n) is 9.38. The fourth-order valence-corrected chi connectivity index (χ4v) is 4.57. The van der Waals surface area contributed by atoms with E-state index in [1.165, 1.54) is 0 Å². The van der Waals surface area contributed by atoms with Gasteiger partial charge in [-0.1, -0.05) is 12.1 Å². The predicted molar refractivity (Wildman–Crippen MR) is 113 cm³/mol. The lowest BCUT2D eigenvalue weighted by atomic mass is 9.66. The number of esters is 1. The molecule has 8 nitrogen and oxygen atoms in total. The highest BCUT2D eigenvalue weighted by molar-refractivity contribution is 6.07. The molecule has 8 heteroatoms. The van der Waals surface area contributed by atoms with Crippen molar-refractivity contribution >= 4 is 17.8 Å². The number of nitrogens with zero attached hydrogens (tertiary/aromatic N) is 1. The van der Waals surface area contributed by atoms with Crippen LogP contribution in [0, 0.1) is 11.3 Å². The van der Waals surface area contributed by atoms with E-state index in [2.05, 4.69) is 5.32 Å². The van der Waals surface area contributed by atoms with Gasteiger partial charge in [-0.05, 0) is 57.2 Å². The fraction of sp³-hybridized carbons (Fsp3) is 0.609. The standard InChI is InChI=1S/C23H32N2O6/c1-22(2,3)31-19(27)11-16-9-10-25(13-15-5-7-18(30-4)8-6-15)21(29)23(16)12-17(14-26)24-20(23)28/h5-8,16-17,26H,9-14H2,1-4H3,(H,24,28)/t16-,17+,23-/m0/s1. The van der Waals surface area contributed by atoms with Gasteiger partial charge in [0.05, 0.1) is 19.8 Å². The number of hydrogen-bond acceptors (Lipinski definition) is 6. The van der Waals surface area contributed by atoms with Gasteiger partial charge in [0, 0.05) is 19.5 Å². The number of benzene rings is 1. The molecule has 0 unspecified atom stereocenters. The van der Waals surface area contributed by atoms with Crippen LogP contribution in [-0.2, 0) is 25.7 Å². The Morgan fingerprint density at radius 1 is 1.26 bits per heavy atom. The number of ether oxygens (including phenoxy) is 2. The Labute approximate surface area is 182 Å². The molecule has 1 aromatic rings. The zero-order valence-electron chi connectivity index (χ0n) is 18.6. The van der Waals surface area contributed by atoms with Crippen LogP contribution in [-0.4, -0.2) is 59.7 Å². The van der Waals surface area contributed by atoms with Crippen molar-refractivity contribution in [3.8, 4) is 5.75 Å². The van der Waals surface area contributed by atoms with Crippen LogP contribution in [0.2, 0.25) is 0 Å². The molecule has 0 aromatic heterocycles. The van der Waals surface area contributed by atoms with Gasteiger partial charge in [0.25, 0.3) is 0 Å². The SMILES string of the molecule is COc1ccc(CN2CC[C@@H](CC(=O)OC(C)(C)C)[C@]3(C[C@H](CO)NC3=O)C2=O)cc1. The van der Waals surface area contributed by atoms with E-state index in [0.717, 1.165) is 11.3 Å². The van der Waals surface area contributed by atoms with Gasteiger partial charge >= 0.3 is 5.97 Å². The van der Waals surface area contributed by atoms with Crippen LogP contribution in [0.5, 0.6) is 5.75 Å². The van der Waals surface area contributed by atoms with Crippen LogP contribution >= 0.6 is 0 Å². The Bertz CT molecular complexity index is 831. The molecule has 2 saturated heterocycles. The number of aliphatic hydroxyl groups excluding tert-OH is 1. The molecule has 2 aliphatic heterocycles. The first kappa shape index (κ1) is 23.1. The van der Waals surface area contributed by atoms with Crippen LogP contribution in [0.3, 0.4) is 0 Å². The summed E-state index contributed by atoms with van der Waals surface area (Å²) in [5, 5.41) is 12.4. The average molecular weight is 433 g/mol. The summed E-state index contributed by atoms with van der Waals surface area (Å²) in [7, 11) is 1.59. The Morgan fingerprint density at radius 2 is 1.94 bits per heavy atom. The zero-order valence-corrected chi connectivity index (χ0v) is 18.6. The highest BCUT2D eigenvalue weighted by Gasteiger charge is 2.60. The van der Waals surface area contributed by atoms with Crippen molar-refractivity contribution in [2.45, 2.75) is 58.2 Å². The second kappa shape index (κ2) is 8.86. The van der Waals surface area contributed by atoms with E-state index in [0.29, 0.717) is 19.5 Å². The summed E-state index contributed by atoms with van der Waals surface area (Å²) >= 11 is 0. The predicted octanol–water partition coefficient (Wildman–Crippen LogP) is 1.64. The van der Waals surface area contributed by atoms with Crippen LogP contribution in [0.15, 0.2) is 24.3 Å². The molecule has 0 aliphatic carbocycles. The molecule has 0 bridgehead atoms. The maximum Gasteiger partial charge on any atom is 0.306 e. The molecule has 2 heterocycles. The third-order valence-corrected chi connectivity index (χ3v) is 6.01. The lowest BCUT2D eigenvalue weighted by Crippen LogP contribution is -2.57. The van der Waals surface area contributed by atoms with E-state index in [1.807, 2.05) is 24.3 Å². The number of hydrogen-bond donors (Lipinski definition) is 2. The molecule has 31 heavy (non-hydrogen) atoms. The Balaban J connectivity index is 1.84. The monoisotopic (exact) mass is 432 g/mol. The lowest BCUT2D eigenvalue weighted by molar-refractivity contribution is -0.164. The number of likely N-dealkylation sites (tertiary alicyclic amines) is 1. The number of piperidine rings is 1. The molecule has 2 amide bonds. The number of amides is 2. The first-order chi connectivity index (χ1) is 14.6. The van der Waals surface area contributed by atoms with Gasteiger partial charge in [0.2, 0.25) is 11.8 Å². The highest BCUT2D eigenvalue weighted by atomic mass is 16.6. The molecule has 170 valence electrons. The molecule has 3 atom stereocenters. The number of carbonyl (C=O) groups excluding carboxylic acids is 3. The number of carbonyl (C=O) groups is 3. The second-order valence-corrected chi connectivity index (χ2v) is 9.38. The number of methoxy groups -OCH3 is 1. The molecule has 1 aromatic carbocycles. The molecule has 2 aliphatic rings. The van der Waals surface area contributed by atoms with Crippen molar-refractivity contribution in [3.63, 3.8) is 0 Å². The van der Waals surface area contributed by atoms with Crippen molar-refractivity contribution in [2.75, 3.05) is 20.3 Å². The smallest absolute Gasteiger partial charge is 0.306 e. The summed E-state index contributed by atoms with van der Waals surface area (Å²) < 4.78 is 10.6. The van der Waals surface area contributed by atoms with Gasteiger partial charge < -0.3 is 24.8 Å². The zero-order chi connectivity index (χ0) is 22.8. The van der Waals surface area contributed by atoms with Crippen molar-refractivity contribution < 1.29 is 29.0 Å². The molecule has 3 rings (SSSR count). The molecule has 2 fully saturated rings. The van der Waals surface area contributed by atoms with Gasteiger partial charge in [-0.3, -0.25) is 14.4 Å². The van der Waals surface area contributed by atoms with Crippen LogP contribution in [0.25, 0.3) is 0 Å². The minimum atomic E-state index is -1.37. The number of aliphatic hydroxyl groups is 1. The van der Waals surface area contributed by atoms with Crippen molar-refractivity contribution in [3.05, 3.63) is 29.8 Å². The maximum absolute atomic E-state index is 13.6. The quantitative estimate of drug-likeness (QED) is 0.523. The van der Waals surface area contributed by atoms with Gasteiger partial charge in [0.1, 0.15) is 16.8 Å². The highest BCUT2D eigenvalue weighted by Crippen LogP contribution is 2.46. The summed E-state index contributed by atoms with van der Waals surface area (Å²) in [5.74, 6) is -0.878. The van der Waals surface area contributed by atoms with Gasteiger partial charge in [-0.25, -0.2) is 0 Å². The van der Waals surface area contributed by atoms with Crippen molar-refractivity contribution in [1.29, 1.82) is 0 Å². The molecule has 0 radical (unpaired) electrons. The van der Waals surface area contributed by atoms with E-state index in [-0.39, 0.29) is 25.4 Å². The number of nitrogens with one attached hydrogen (secondary N) is 1. The number of rotatable bonds is 6.